The predicted molar refractivity (Wildman–Crippen MR) is 99.8 cm³/mol. The van der Waals surface area contributed by atoms with Crippen LogP contribution in [0.5, 0.6) is 0 Å². The number of nitrogens with zero attached hydrogens (tertiary/aromatic N) is 3. The Morgan fingerprint density at radius 1 is 1.40 bits per heavy atom. The topological polar surface area (TPSA) is 124 Å². The van der Waals surface area contributed by atoms with Gasteiger partial charge in [0.2, 0.25) is 0 Å². The highest BCUT2D eigenvalue weighted by atomic mass is 33.1. The maximum absolute atomic E-state index is 11.9. The molecule has 2 unspecified atom stereocenters. The Labute approximate surface area is 153 Å². The van der Waals surface area contributed by atoms with E-state index in [0.717, 1.165) is 0 Å². The number of hydrogen-bond donors (Lipinski definition) is 2. The van der Waals surface area contributed by atoms with Gasteiger partial charge in [0.25, 0.3) is 0 Å². The lowest BCUT2D eigenvalue weighted by Crippen LogP contribution is -2.41. The zero-order valence-corrected chi connectivity index (χ0v) is 15.5. The van der Waals surface area contributed by atoms with Gasteiger partial charge < -0.3 is 15.2 Å². The zero-order valence-electron chi connectivity index (χ0n) is 13.9. The smallest absolute Gasteiger partial charge is 0.408 e. The lowest BCUT2D eigenvalue weighted by atomic mass is 10.1. The van der Waals surface area contributed by atoms with Gasteiger partial charge in [0, 0.05) is 15.8 Å². The van der Waals surface area contributed by atoms with Crippen molar-refractivity contribution in [2.75, 3.05) is 6.26 Å². The molecule has 2 N–H and O–H groups in total. The van der Waals surface area contributed by atoms with Crippen molar-refractivity contribution in [1.29, 1.82) is 0 Å². The number of benzene rings is 1. The van der Waals surface area contributed by atoms with Crippen molar-refractivity contribution in [3.05, 3.63) is 40.3 Å². The van der Waals surface area contributed by atoms with E-state index in [-0.39, 0.29) is 11.9 Å². The van der Waals surface area contributed by atoms with E-state index in [4.69, 9.17) is 10.3 Å². The Balaban J connectivity index is 2.55. The molecule has 1 aromatic rings. The third kappa shape index (κ3) is 8.06. The number of amides is 1. The summed E-state index contributed by atoms with van der Waals surface area (Å²) in [4.78, 5) is 25.9. The Morgan fingerprint density at radius 3 is 2.76 bits per heavy atom. The van der Waals surface area contributed by atoms with Crippen molar-refractivity contribution in [2.45, 2.75) is 37.7 Å². The number of carbonyl (C=O) groups is 2. The number of rotatable bonds is 10. The van der Waals surface area contributed by atoms with Crippen LogP contribution in [0.25, 0.3) is 10.4 Å². The molecule has 8 nitrogen and oxygen atoms in total. The molecule has 0 saturated heterocycles. The first-order valence-electron chi connectivity index (χ1n) is 7.46. The summed E-state index contributed by atoms with van der Waals surface area (Å²) >= 11 is 0. The standard InChI is InChI=1S/C15H20N4O4S2/c1-10(25-24-2)7-8-13(14(20)21)17-15(22)23-9-11-5-3-4-6-12(11)18-19-16/h3-6,10,13H,7-9H2,1-2H3,(H,17,22)(H,20,21). The van der Waals surface area contributed by atoms with Crippen LogP contribution in [0.15, 0.2) is 29.4 Å². The Morgan fingerprint density at radius 2 is 2.12 bits per heavy atom. The van der Waals surface area contributed by atoms with Gasteiger partial charge in [-0.05, 0) is 30.2 Å². The van der Waals surface area contributed by atoms with Crippen molar-refractivity contribution in [3.8, 4) is 0 Å². The van der Waals surface area contributed by atoms with E-state index in [1.165, 1.54) is 0 Å². The summed E-state index contributed by atoms with van der Waals surface area (Å²) < 4.78 is 5.04. The van der Waals surface area contributed by atoms with Crippen LogP contribution in [-0.4, -0.2) is 34.7 Å². The second-order valence-electron chi connectivity index (χ2n) is 5.08. The van der Waals surface area contributed by atoms with Crippen molar-refractivity contribution >= 4 is 39.3 Å². The van der Waals surface area contributed by atoms with Gasteiger partial charge >= 0.3 is 12.1 Å². The summed E-state index contributed by atoms with van der Waals surface area (Å²) in [7, 11) is 3.28. The number of carboxylic acids is 1. The number of nitrogens with one attached hydrogen (secondary N) is 1. The minimum atomic E-state index is -1.10. The quantitative estimate of drug-likeness (QED) is 0.265. The fraction of sp³-hybridized carbons (Fsp3) is 0.467. The largest absolute Gasteiger partial charge is 0.480 e. The van der Waals surface area contributed by atoms with E-state index in [2.05, 4.69) is 15.3 Å². The Bertz CT molecular complexity index is 638. The maximum Gasteiger partial charge on any atom is 0.408 e. The first-order valence-corrected chi connectivity index (χ1v) is 10.1. The Hall–Kier alpha value is -2.03. The van der Waals surface area contributed by atoms with Gasteiger partial charge in [-0.2, -0.15) is 0 Å². The summed E-state index contributed by atoms with van der Waals surface area (Å²) in [5.74, 6) is -1.10. The lowest BCUT2D eigenvalue weighted by Gasteiger charge is -2.16. The van der Waals surface area contributed by atoms with Crippen molar-refractivity contribution in [2.24, 2.45) is 5.11 Å². The second-order valence-corrected chi connectivity index (χ2v) is 7.99. The van der Waals surface area contributed by atoms with Crippen molar-refractivity contribution in [1.82, 2.24) is 5.32 Å². The van der Waals surface area contributed by atoms with Gasteiger partial charge in [0.1, 0.15) is 12.6 Å². The van der Waals surface area contributed by atoms with Crippen molar-refractivity contribution in [3.63, 3.8) is 0 Å². The lowest BCUT2D eigenvalue weighted by molar-refractivity contribution is -0.139. The SMILES string of the molecule is CSSC(C)CCC(NC(=O)OCc1ccccc1N=[N+]=[N-])C(=O)O. The molecule has 2 atom stereocenters. The van der Waals surface area contributed by atoms with Gasteiger partial charge in [0.15, 0.2) is 0 Å². The summed E-state index contributed by atoms with van der Waals surface area (Å²) in [5, 5.41) is 15.4. The molecule has 0 aromatic heterocycles. The summed E-state index contributed by atoms with van der Waals surface area (Å²) in [6.07, 6.45) is 2.10. The normalized spacial score (nSPS) is 12.6. The molecule has 10 heteroatoms. The number of alkyl carbamates (subject to hydrolysis) is 1. The molecule has 0 spiro atoms. The number of carboxylic acid groups (broad SMARTS) is 1. The first-order chi connectivity index (χ1) is 12.0. The minimum Gasteiger partial charge on any atom is -0.480 e. The molecule has 1 aromatic carbocycles. The molecule has 0 bridgehead atoms. The van der Waals surface area contributed by atoms with E-state index < -0.39 is 18.1 Å². The molecule has 1 rings (SSSR count). The van der Waals surface area contributed by atoms with Crippen LogP contribution < -0.4 is 5.32 Å². The monoisotopic (exact) mass is 384 g/mol. The molecule has 1 amide bonds. The molecule has 0 saturated carbocycles. The fourth-order valence-electron chi connectivity index (χ4n) is 1.98. The number of ether oxygens (including phenoxy) is 1. The van der Waals surface area contributed by atoms with Crippen LogP contribution >= 0.6 is 21.6 Å². The highest BCUT2D eigenvalue weighted by Crippen LogP contribution is 2.26. The van der Waals surface area contributed by atoms with Gasteiger partial charge in [-0.3, -0.25) is 0 Å². The summed E-state index contributed by atoms with van der Waals surface area (Å²) in [6.45, 7) is 1.89. The molecular formula is C15H20N4O4S2. The van der Waals surface area contributed by atoms with E-state index in [0.29, 0.717) is 24.1 Å². The fourth-order valence-corrected chi connectivity index (χ4v) is 3.81. The van der Waals surface area contributed by atoms with Crippen LogP contribution in [0.1, 0.15) is 25.3 Å². The predicted octanol–water partition coefficient (Wildman–Crippen LogP) is 4.49. The van der Waals surface area contributed by atoms with Gasteiger partial charge in [-0.1, -0.05) is 57.9 Å². The average Bonchev–Trinajstić information content (AvgIpc) is 2.58. The van der Waals surface area contributed by atoms with E-state index in [1.54, 1.807) is 45.9 Å². The van der Waals surface area contributed by atoms with Gasteiger partial charge in [0.05, 0.1) is 0 Å². The number of carbonyl (C=O) groups excluding carboxylic acids is 1. The maximum atomic E-state index is 11.9. The first kappa shape index (κ1) is 21.0. The molecule has 0 heterocycles. The van der Waals surface area contributed by atoms with Crippen LogP contribution in [-0.2, 0) is 16.1 Å². The van der Waals surface area contributed by atoms with Crippen LogP contribution in [0.4, 0.5) is 10.5 Å². The molecule has 0 fully saturated rings. The van der Waals surface area contributed by atoms with Crippen LogP contribution in [0.3, 0.4) is 0 Å². The molecule has 0 aliphatic heterocycles. The molecule has 0 aliphatic carbocycles. The molecule has 0 radical (unpaired) electrons. The van der Waals surface area contributed by atoms with E-state index in [1.807, 2.05) is 13.2 Å². The van der Waals surface area contributed by atoms with Crippen molar-refractivity contribution < 1.29 is 19.4 Å². The second kappa shape index (κ2) is 11.5. The average molecular weight is 384 g/mol. The van der Waals surface area contributed by atoms with Gasteiger partial charge in [-0.15, -0.1) is 0 Å². The number of azide groups is 1. The minimum absolute atomic E-state index is 0.119. The zero-order chi connectivity index (χ0) is 18.7. The Kier molecular flexibility index (Phi) is 9.68. The van der Waals surface area contributed by atoms with Gasteiger partial charge in [-0.25, -0.2) is 9.59 Å². The summed E-state index contributed by atoms with van der Waals surface area (Å²) in [5.41, 5.74) is 9.40. The molecule has 0 aliphatic rings. The van der Waals surface area contributed by atoms with Crippen LogP contribution in [0, 0.1) is 0 Å². The van der Waals surface area contributed by atoms with Crippen LogP contribution in [0.2, 0.25) is 0 Å². The third-order valence-electron chi connectivity index (χ3n) is 3.22. The van der Waals surface area contributed by atoms with E-state index in [9.17, 15) is 14.7 Å². The molecule has 25 heavy (non-hydrogen) atoms. The number of aliphatic carboxylic acids is 1. The highest BCUT2D eigenvalue weighted by molar-refractivity contribution is 8.76. The summed E-state index contributed by atoms with van der Waals surface area (Å²) in [6, 6.07) is 5.67. The molecular weight excluding hydrogens is 364 g/mol. The third-order valence-corrected chi connectivity index (χ3v) is 5.54. The number of hydrogen-bond acceptors (Lipinski definition) is 6. The highest BCUT2D eigenvalue weighted by Gasteiger charge is 2.21. The van der Waals surface area contributed by atoms with E-state index >= 15 is 0 Å². The molecule has 136 valence electrons.